The first-order valence-corrected chi connectivity index (χ1v) is 13.8. The van der Waals surface area contributed by atoms with Gasteiger partial charge in [0, 0.05) is 49.7 Å². The molecular weight excluding hydrogens is 456 g/mol. The molecule has 0 bridgehead atoms. The van der Waals surface area contributed by atoms with Gasteiger partial charge in [-0.2, -0.15) is 0 Å². The number of nitrogens with zero attached hydrogens (tertiary/aromatic N) is 4. The zero-order valence-corrected chi connectivity index (χ0v) is 23.2. The van der Waals surface area contributed by atoms with Crippen molar-refractivity contribution in [3.63, 3.8) is 0 Å². The number of amides is 2. The fourth-order valence-electron chi connectivity index (χ4n) is 4.76. The molecule has 7 heteroatoms. The third-order valence-corrected chi connectivity index (χ3v) is 7.43. The van der Waals surface area contributed by atoms with Crippen LogP contribution in [0.4, 0.5) is 5.69 Å². The molecule has 0 unspecified atom stereocenters. The summed E-state index contributed by atoms with van der Waals surface area (Å²) in [6.07, 6.45) is 1.81. The smallest absolute Gasteiger partial charge is 0.228 e. The van der Waals surface area contributed by atoms with Crippen molar-refractivity contribution in [3.8, 4) is 0 Å². The van der Waals surface area contributed by atoms with Gasteiger partial charge in [0.2, 0.25) is 11.8 Å². The topological polar surface area (TPSA) is 56.8 Å². The van der Waals surface area contributed by atoms with E-state index in [1.54, 1.807) is 11.3 Å². The Labute approximate surface area is 215 Å². The van der Waals surface area contributed by atoms with Gasteiger partial charge < -0.3 is 14.7 Å². The molecule has 1 aliphatic heterocycles. The van der Waals surface area contributed by atoms with Crippen molar-refractivity contribution >= 4 is 28.8 Å². The van der Waals surface area contributed by atoms with Gasteiger partial charge in [-0.25, -0.2) is 4.98 Å². The number of fused-ring (bicyclic) bond motifs is 1. The first-order chi connectivity index (χ1) is 16.6. The van der Waals surface area contributed by atoms with Crippen LogP contribution in [0.25, 0.3) is 0 Å². The van der Waals surface area contributed by atoms with Crippen LogP contribution in [0.15, 0.2) is 24.3 Å². The number of anilines is 1. The van der Waals surface area contributed by atoms with E-state index in [1.807, 2.05) is 41.8 Å². The number of para-hydroxylation sites is 1. The summed E-state index contributed by atoms with van der Waals surface area (Å²) in [7, 11) is 0. The minimum atomic E-state index is 0.121. The van der Waals surface area contributed by atoms with Crippen LogP contribution in [0.1, 0.15) is 61.7 Å². The van der Waals surface area contributed by atoms with Gasteiger partial charge in [0.15, 0.2) is 0 Å². The number of thiazole rings is 1. The van der Waals surface area contributed by atoms with Gasteiger partial charge >= 0.3 is 0 Å². The number of benzene rings is 1. The normalized spacial score (nSPS) is 15.9. The molecule has 2 heterocycles. The molecular formula is C28H42N4O2S. The van der Waals surface area contributed by atoms with Crippen LogP contribution in [0.3, 0.4) is 0 Å². The largest absolute Gasteiger partial charge is 0.337 e. The number of aryl methyl sites for hydroxylation is 2. The Kier molecular flexibility index (Phi) is 9.87. The molecule has 0 atom stereocenters. The Morgan fingerprint density at radius 1 is 0.971 bits per heavy atom. The molecule has 1 aliphatic rings. The summed E-state index contributed by atoms with van der Waals surface area (Å²) in [6, 6.07) is 8.11. The molecule has 0 fully saturated rings. The van der Waals surface area contributed by atoms with Gasteiger partial charge in [0.05, 0.1) is 17.1 Å². The first-order valence-electron chi connectivity index (χ1n) is 12.9. The predicted octanol–water partition coefficient (Wildman–Crippen LogP) is 5.07. The maximum absolute atomic E-state index is 13.6. The van der Waals surface area contributed by atoms with Gasteiger partial charge in [-0.15, -0.1) is 11.3 Å². The second-order valence-corrected chi connectivity index (χ2v) is 11.8. The molecule has 6 nitrogen and oxygen atoms in total. The lowest BCUT2D eigenvalue weighted by Crippen LogP contribution is -2.40. The standard InChI is InChI=1S/C28H42N4O2S/c1-20(2)16-28(34)32-13-9-12-30(18-21(3)4)14-15-31(19-24-10-7-8-11-25(24)32)27(33)17-26-22(5)29-23(6)35-26/h7-8,10-11,20-21H,9,12-19H2,1-6H3. The Morgan fingerprint density at radius 3 is 2.37 bits per heavy atom. The highest BCUT2D eigenvalue weighted by atomic mass is 32.1. The van der Waals surface area contributed by atoms with Gasteiger partial charge in [0.1, 0.15) is 0 Å². The minimum absolute atomic E-state index is 0.121. The van der Waals surface area contributed by atoms with E-state index in [1.165, 1.54) is 0 Å². The molecule has 0 saturated heterocycles. The average Bonchev–Trinajstić information content (AvgIpc) is 3.07. The SMILES string of the molecule is Cc1nc(C)c(CC(=O)N2CCN(CC(C)C)CCCN(C(=O)CC(C)C)c3ccccc3C2)s1. The molecule has 0 saturated carbocycles. The van der Waals surface area contributed by atoms with Crippen LogP contribution in [-0.2, 0) is 22.6 Å². The van der Waals surface area contributed by atoms with Crippen molar-refractivity contribution in [2.24, 2.45) is 11.8 Å². The molecule has 0 aliphatic carbocycles. The van der Waals surface area contributed by atoms with E-state index in [9.17, 15) is 9.59 Å². The van der Waals surface area contributed by atoms with E-state index in [-0.39, 0.29) is 11.8 Å². The molecule has 192 valence electrons. The lowest BCUT2D eigenvalue weighted by Gasteiger charge is -2.29. The lowest BCUT2D eigenvalue weighted by atomic mass is 10.1. The van der Waals surface area contributed by atoms with E-state index in [0.29, 0.717) is 44.3 Å². The monoisotopic (exact) mass is 498 g/mol. The van der Waals surface area contributed by atoms with Gasteiger partial charge in [-0.1, -0.05) is 45.9 Å². The summed E-state index contributed by atoms with van der Waals surface area (Å²) in [5, 5.41) is 0.996. The highest BCUT2D eigenvalue weighted by Gasteiger charge is 2.25. The third kappa shape index (κ3) is 7.87. The van der Waals surface area contributed by atoms with Crippen LogP contribution in [-0.4, -0.2) is 59.3 Å². The summed E-state index contributed by atoms with van der Waals surface area (Å²) >= 11 is 1.61. The van der Waals surface area contributed by atoms with Crippen LogP contribution >= 0.6 is 11.3 Å². The second-order valence-electron chi connectivity index (χ2n) is 10.6. The molecule has 0 N–H and O–H groups in total. The van der Waals surface area contributed by atoms with E-state index in [4.69, 9.17) is 0 Å². The summed E-state index contributed by atoms with van der Waals surface area (Å²) in [4.78, 5) is 38.8. The Morgan fingerprint density at radius 2 is 1.71 bits per heavy atom. The highest BCUT2D eigenvalue weighted by Crippen LogP contribution is 2.26. The van der Waals surface area contributed by atoms with Crippen LogP contribution in [0.5, 0.6) is 0 Å². The Bertz CT molecular complexity index is 1000. The fraction of sp³-hybridized carbons (Fsp3) is 0.607. The number of hydrogen-bond acceptors (Lipinski definition) is 5. The molecule has 3 rings (SSSR count). The minimum Gasteiger partial charge on any atom is -0.337 e. The third-order valence-electron chi connectivity index (χ3n) is 6.36. The van der Waals surface area contributed by atoms with Crippen molar-refractivity contribution in [1.29, 1.82) is 0 Å². The molecule has 0 radical (unpaired) electrons. The van der Waals surface area contributed by atoms with Gasteiger partial charge in [0.25, 0.3) is 0 Å². The van der Waals surface area contributed by atoms with Crippen molar-refractivity contribution in [2.45, 2.75) is 67.3 Å². The summed E-state index contributed by atoms with van der Waals surface area (Å²) in [6.45, 7) is 17.2. The lowest BCUT2D eigenvalue weighted by molar-refractivity contribution is -0.131. The molecule has 35 heavy (non-hydrogen) atoms. The van der Waals surface area contributed by atoms with Crippen LogP contribution in [0, 0.1) is 25.7 Å². The number of carbonyl (C=O) groups is 2. The van der Waals surface area contributed by atoms with Crippen molar-refractivity contribution in [3.05, 3.63) is 45.4 Å². The van der Waals surface area contributed by atoms with Gasteiger partial charge in [-0.3, -0.25) is 9.59 Å². The summed E-state index contributed by atoms with van der Waals surface area (Å²) in [5.41, 5.74) is 2.93. The zero-order valence-electron chi connectivity index (χ0n) is 22.3. The fourth-order valence-corrected chi connectivity index (χ4v) is 5.68. The maximum Gasteiger partial charge on any atom is 0.228 e. The Hall–Kier alpha value is -2.25. The Balaban J connectivity index is 1.93. The number of hydrogen-bond donors (Lipinski definition) is 0. The van der Waals surface area contributed by atoms with E-state index >= 15 is 0 Å². The second kappa shape index (κ2) is 12.6. The summed E-state index contributed by atoms with van der Waals surface area (Å²) in [5.74, 6) is 1.13. The number of rotatable bonds is 6. The molecule has 1 aromatic heterocycles. The quantitative estimate of drug-likeness (QED) is 0.558. The predicted molar refractivity (Wildman–Crippen MR) is 145 cm³/mol. The highest BCUT2D eigenvalue weighted by molar-refractivity contribution is 7.11. The molecule has 0 spiro atoms. The zero-order chi connectivity index (χ0) is 25.5. The molecule has 2 amide bonds. The first kappa shape index (κ1) is 27.3. The van der Waals surface area contributed by atoms with E-state index in [0.717, 1.165) is 52.9 Å². The van der Waals surface area contributed by atoms with Crippen molar-refractivity contribution < 1.29 is 9.59 Å². The van der Waals surface area contributed by atoms with Crippen LogP contribution < -0.4 is 4.90 Å². The van der Waals surface area contributed by atoms with E-state index < -0.39 is 0 Å². The van der Waals surface area contributed by atoms with Crippen molar-refractivity contribution in [2.75, 3.05) is 37.6 Å². The summed E-state index contributed by atoms with van der Waals surface area (Å²) < 4.78 is 0. The van der Waals surface area contributed by atoms with Crippen LogP contribution in [0.2, 0.25) is 0 Å². The maximum atomic E-state index is 13.6. The number of carbonyl (C=O) groups excluding carboxylic acids is 2. The van der Waals surface area contributed by atoms with Crippen molar-refractivity contribution in [1.82, 2.24) is 14.8 Å². The molecule has 2 aromatic rings. The number of aromatic nitrogens is 1. The van der Waals surface area contributed by atoms with E-state index in [2.05, 4.69) is 43.6 Å². The molecule has 1 aromatic carbocycles. The average molecular weight is 499 g/mol. The van der Waals surface area contributed by atoms with Gasteiger partial charge in [-0.05, 0) is 50.3 Å².